The predicted molar refractivity (Wildman–Crippen MR) is 85.8 cm³/mol. The van der Waals surface area contributed by atoms with Crippen molar-refractivity contribution in [1.29, 1.82) is 0 Å². The van der Waals surface area contributed by atoms with Gasteiger partial charge in [-0.3, -0.25) is 0 Å². The van der Waals surface area contributed by atoms with Gasteiger partial charge in [0.05, 0.1) is 0 Å². The third-order valence-electron chi connectivity index (χ3n) is 3.19. The van der Waals surface area contributed by atoms with Gasteiger partial charge in [0.15, 0.2) is 11.5 Å². The maximum Gasteiger partial charge on any atom is 0.228 e. The average molecular weight is 282 g/mol. The summed E-state index contributed by atoms with van der Waals surface area (Å²) in [6.07, 6.45) is 0. The van der Waals surface area contributed by atoms with E-state index in [1.165, 1.54) is 0 Å². The van der Waals surface area contributed by atoms with Gasteiger partial charge in [0, 0.05) is 33.8 Å². The number of aromatic amines is 1. The second-order valence-electron chi connectivity index (χ2n) is 5.29. The van der Waals surface area contributed by atoms with Crippen LogP contribution in [0.1, 0.15) is 0 Å². The lowest BCUT2D eigenvalue weighted by molar-refractivity contribution is 0.983. The molecule has 2 heterocycles. The molecule has 3 aromatic rings. The van der Waals surface area contributed by atoms with Gasteiger partial charge in [-0.05, 0) is 0 Å². The molecule has 0 aliphatic rings. The number of aromatic nitrogens is 4. The van der Waals surface area contributed by atoms with Gasteiger partial charge in [0.2, 0.25) is 5.95 Å². The Labute approximate surface area is 123 Å². The Bertz CT molecular complexity index is 760. The van der Waals surface area contributed by atoms with E-state index in [0.29, 0.717) is 11.6 Å². The van der Waals surface area contributed by atoms with E-state index in [1.807, 2.05) is 68.3 Å². The Kier molecular flexibility index (Phi) is 3.21. The largest absolute Gasteiger partial charge is 0.361 e. The van der Waals surface area contributed by atoms with Crippen molar-refractivity contribution in [3.05, 3.63) is 30.3 Å². The van der Waals surface area contributed by atoms with E-state index in [1.54, 1.807) is 0 Å². The molecule has 1 N–H and O–H groups in total. The van der Waals surface area contributed by atoms with Gasteiger partial charge in [0.25, 0.3) is 0 Å². The first-order chi connectivity index (χ1) is 10.1. The minimum absolute atomic E-state index is 0.650. The number of rotatable bonds is 3. The molecular formula is C15H18N6. The van der Waals surface area contributed by atoms with Crippen molar-refractivity contribution in [1.82, 2.24) is 19.9 Å². The first kappa shape index (κ1) is 13.4. The number of nitrogens with one attached hydrogen (secondary N) is 1. The number of hydrogen-bond donors (Lipinski definition) is 1. The summed E-state index contributed by atoms with van der Waals surface area (Å²) in [6.45, 7) is 0. The molecule has 6 nitrogen and oxygen atoms in total. The highest BCUT2D eigenvalue weighted by Crippen LogP contribution is 2.26. The second kappa shape index (κ2) is 5.05. The van der Waals surface area contributed by atoms with Gasteiger partial charge in [-0.15, -0.1) is 0 Å². The van der Waals surface area contributed by atoms with Crippen molar-refractivity contribution in [3.63, 3.8) is 0 Å². The molecule has 0 saturated carbocycles. The minimum atomic E-state index is 0.650. The van der Waals surface area contributed by atoms with Crippen LogP contribution in [-0.4, -0.2) is 48.1 Å². The SMILES string of the molecule is CN(C)c1nc(N(C)C)c2[nH]c(-c3ccccc3)nc2n1. The zero-order valence-corrected chi connectivity index (χ0v) is 12.6. The summed E-state index contributed by atoms with van der Waals surface area (Å²) in [5.41, 5.74) is 2.56. The topological polar surface area (TPSA) is 60.9 Å². The van der Waals surface area contributed by atoms with E-state index in [9.17, 15) is 0 Å². The summed E-state index contributed by atoms with van der Waals surface area (Å²) in [6, 6.07) is 10.0. The van der Waals surface area contributed by atoms with Crippen LogP contribution >= 0.6 is 0 Å². The molecule has 0 aliphatic heterocycles. The van der Waals surface area contributed by atoms with Crippen molar-refractivity contribution >= 4 is 22.9 Å². The molecule has 21 heavy (non-hydrogen) atoms. The molecular weight excluding hydrogens is 264 g/mol. The fourth-order valence-corrected chi connectivity index (χ4v) is 2.13. The Hall–Kier alpha value is -2.63. The Balaban J connectivity index is 2.22. The van der Waals surface area contributed by atoms with E-state index in [4.69, 9.17) is 0 Å². The van der Waals surface area contributed by atoms with Gasteiger partial charge < -0.3 is 14.8 Å². The maximum atomic E-state index is 4.61. The Morgan fingerprint density at radius 2 is 1.57 bits per heavy atom. The van der Waals surface area contributed by atoms with E-state index in [0.717, 1.165) is 22.7 Å². The predicted octanol–water partition coefficient (Wildman–Crippen LogP) is 2.15. The zero-order valence-electron chi connectivity index (χ0n) is 12.6. The third kappa shape index (κ3) is 2.40. The lowest BCUT2D eigenvalue weighted by atomic mass is 10.2. The van der Waals surface area contributed by atoms with Crippen molar-refractivity contribution in [2.45, 2.75) is 0 Å². The zero-order chi connectivity index (χ0) is 15.0. The van der Waals surface area contributed by atoms with E-state index >= 15 is 0 Å². The third-order valence-corrected chi connectivity index (χ3v) is 3.19. The van der Waals surface area contributed by atoms with E-state index < -0.39 is 0 Å². The molecule has 2 aromatic heterocycles. The summed E-state index contributed by atoms with van der Waals surface area (Å²) in [5, 5.41) is 0. The Morgan fingerprint density at radius 3 is 2.19 bits per heavy atom. The number of benzene rings is 1. The first-order valence-corrected chi connectivity index (χ1v) is 6.74. The van der Waals surface area contributed by atoms with Crippen LogP contribution in [0.25, 0.3) is 22.6 Å². The van der Waals surface area contributed by atoms with Crippen LogP contribution in [-0.2, 0) is 0 Å². The van der Waals surface area contributed by atoms with Crippen molar-refractivity contribution in [3.8, 4) is 11.4 Å². The van der Waals surface area contributed by atoms with Crippen LogP contribution in [0.15, 0.2) is 30.3 Å². The van der Waals surface area contributed by atoms with Crippen LogP contribution in [0.5, 0.6) is 0 Å². The number of hydrogen-bond acceptors (Lipinski definition) is 5. The first-order valence-electron chi connectivity index (χ1n) is 6.74. The number of H-pyrrole nitrogens is 1. The van der Waals surface area contributed by atoms with Gasteiger partial charge in [-0.25, -0.2) is 4.98 Å². The number of anilines is 2. The van der Waals surface area contributed by atoms with Gasteiger partial charge in [-0.2, -0.15) is 9.97 Å². The smallest absolute Gasteiger partial charge is 0.228 e. The van der Waals surface area contributed by atoms with E-state index in [2.05, 4.69) is 19.9 Å². The van der Waals surface area contributed by atoms with Gasteiger partial charge >= 0.3 is 0 Å². The van der Waals surface area contributed by atoms with Crippen molar-refractivity contribution in [2.24, 2.45) is 0 Å². The van der Waals surface area contributed by atoms with Crippen LogP contribution in [0.2, 0.25) is 0 Å². The molecule has 3 rings (SSSR count). The fraction of sp³-hybridized carbons (Fsp3) is 0.267. The highest BCUT2D eigenvalue weighted by Gasteiger charge is 2.15. The number of fused-ring (bicyclic) bond motifs is 1. The van der Waals surface area contributed by atoms with Crippen molar-refractivity contribution in [2.75, 3.05) is 38.0 Å². The highest BCUT2D eigenvalue weighted by atomic mass is 15.3. The molecule has 0 aliphatic carbocycles. The van der Waals surface area contributed by atoms with Gasteiger partial charge in [0.1, 0.15) is 11.3 Å². The lowest BCUT2D eigenvalue weighted by Gasteiger charge is -2.15. The summed E-state index contributed by atoms with van der Waals surface area (Å²) >= 11 is 0. The van der Waals surface area contributed by atoms with Crippen molar-refractivity contribution < 1.29 is 0 Å². The monoisotopic (exact) mass is 282 g/mol. The Morgan fingerprint density at radius 1 is 0.857 bits per heavy atom. The summed E-state index contributed by atoms with van der Waals surface area (Å²) in [4.78, 5) is 20.9. The summed E-state index contributed by atoms with van der Waals surface area (Å²) < 4.78 is 0. The molecule has 0 saturated heterocycles. The van der Waals surface area contributed by atoms with E-state index in [-0.39, 0.29) is 0 Å². The standard InChI is InChI=1S/C15H18N6/c1-20(2)14-11-13(18-15(19-14)21(3)4)17-12(16-11)10-8-6-5-7-9-10/h5-9H,1-4H3,(H,16,17,18,19). The second-order valence-corrected chi connectivity index (χ2v) is 5.29. The molecule has 108 valence electrons. The molecule has 0 fully saturated rings. The fourth-order valence-electron chi connectivity index (χ4n) is 2.13. The van der Waals surface area contributed by atoms with Crippen LogP contribution in [0.3, 0.4) is 0 Å². The molecule has 0 bridgehead atoms. The number of imidazole rings is 1. The minimum Gasteiger partial charge on any atom is -0.361 e. The summed E-state index contributed by atoms with van der Waals surface area (Å²) in [5.74, 6) is 2.29. The molecule has 0 atom stereocenters. The molecule has 0 spiro atoms. The summed E-state index contributed by atoms with van der Waals surface area (Å²) in [7, 11) is 7.77. The van der Waals surface area contributed by atoms with Crippen LogP contribution in [0.4, 0.5) is 11.8 Å². The molecule has 6 heteroatoms. The van der Waals surface area contributed by atoms with Gasteiger partial charge in [-0.1, -0.05) is 30.3 Å². The lowest BCUT2D eigenvalue weighted by Crippen LogP contribution is -2.17. The average Bonchev–Trinajstić information content (AvgIpc) is 2.90. The molecule has 0 amide bonds. The molecule has 0 radical (unpaired) electrons. The molecule has 0 unspecified atom stereocenters. The molecule has 1 aromatic carbocycles. The number of nitrogens with zero attached hydrogens (tertiary/aromatic N) is 5. The maximum absolute atomic E-state index is 4.61. The highest BCUT2D eigenvalue weighted by molar-refractivity contribution is 5.87. The van der Waals surface area contributed by atoms with Crippen LogP contribution in [0, 0.1) is 0 Å². The van der Waals surface area contributed by atoms with Crippen LogP contribution < -0.4 is 9.80 Å². The quantitative estimate of drug-likeness (QED) is 0.797. The normalized spacial score (nSPS) is 10.9.